The summed E-state index contributed by atoms with van der Waals surface area (Å²) in [6.45, 7) is 4.92. The predicted octanol–water partition coefficient (Wildman–Crippen LogP) is 2.52. The van der Waals surface area contributed by atoms with E-state index in [2.05, 4.69) is 13.0 Å². The molecule has 0 radical (unpaired) electrons. The minimum Gasteiger partial charge on any atom is -0.378 e. The van der Waals surface area contributed by atoms with Crippen LogP contribution in [0, 0.1) is 5.41 Å². The fourth-order valence-corrected chi connectivity index (χ4v) is 3.30. The molecule has 0 spiro atoms. The van der Waals surface area contributed by atoms with E-state index >= 15 is 0 Å². The second-order valence-electron chi connectivity index (χ2n) is 5.29. The van der Waals surface area contributed by atoms with Crippen molar-refractivity contribution in [2.45, 2.75) is 26.0 Å². The lowest BCUT2D eigenvalue weighted by molar-refractivity contribution is 0.0680. The summed E-state index contributed by atoms with van der Waals surface area (Å²) in [4.78, 5) is 4.79. The van der Waals surface area contributed by atoms with E-state index in [1.165, 1.54) is 0 Å². The first kappa shape index (κ1) is 17.0. The number of rotatable bonds is 6. The molecule has 0 aromatic carbocycles. The quantitative estimate of drug-likeness (QED) is 0.365. The zero-order valence-electron chi connectivity index (χ0n) is 13.3. The molecule has 2 heterocycles. The topological polar surface area (TPSA) is 59.8 Å². The molecule has 1 aliphatic heterocycles. The summed E-state index contributed by atoms with van der Waals surface area (Å²) in [5, 5.41) is 20.7. The van der Waals surface area contributed by atoms with Crippen LogP contribution in [0.5, 0.6) is 0 Å². The van der Waals surface area contributed by atoms with Crippen molar-refractivity contribution in [2.75, 3.05) is 38.3 Å². The second-order valence-corrected chi connectivity index (χ2v) is 6.21. The highest BCUT2D eigenvalue weighted by molar-refractivity contribution is 7.12. The molecule has 0 amide bonds. The van der Waals surface area contributed by atoms with Gasteiger partial charge in [0.25, 0.3) is 0 Å². The van der Waals surface area contributed by atoms with Gasteiger partial charge in [-0.3, -0.25) is 5.41 Å². The molecule has 1 aromatic heterocycles. The lowest BCUT2D eigenvalue weighted by Gasteiger charge is -2.31. The van der Waals surface area contributed by atoms with E-state index in [-0.39, 0.29) is 0 Å². The van der Waals surface area contributed by atoms with E-state index in [9.17, 15) is 5.11 Å². The Morgan fingerprint density at radius 2 is 2.23 bits per heavy atom. The number of morpholine rings is 1. The largest absolute Gasteiger partial charge is 0.378 e. The summed E-state index contributed by atoms with van der Waals surface area (Å²) in [5.41, 5.74) is 0.916. The number of aliphatic hydroxyl groups is 1. The number of nitrogens with one attached hydrogen (secondary N) is 1. The van der Waals surface area contributed by atoms with Gasteiger partial charge in [0.1, 0.15) is 12.1 Å². The molecule has 22 heavy (non-hydrogen) atoms. The molecule has 0 saturated carbocycles. The summed E-state index contributed by atoms with van der Waals surface area (Å²) in [7, 11) is 1.88. The van der Waals surface area contributed by atoms with Gasteiger partial charge in [-0.2, -0.15) is 0 Å². The lowest BCUT2D eigenvalue weighted by Crippen LogP contribution is -2.41. The van der Waals surface area contributed by atoms with Crippen molar-refractivity contribution < 1.29 is 9.84 Å². The van der Waals surface area contributed by atoms with E-state index in [0.717, 1.165) is 30.1 Å². The highest BCUT2D eigenvalue weighted by Crippen LogP contribution is 2.28. The van der Waals surface area contributed by atoms with E-state index in [1.807, 2.05) is 34.4 Å². The van der Waals surface area contributed by atoms with Crippen LogP contribution in [0.4, 0.5) is 5.69 Å². The van der Waals surface area contributed by atoms with Crippen LogP contribution >= 0.6 is 11.3 Å². The summed E-state index contributed by atoms with van der Waals surface area (Å²) in [5.74, 6) is 0.524. The van der Waals surface area contributed by atoms with Crippen molar-refractivity contribution in [1.82, 2.24) is 4.90 Å². The molecule has 2 N–H and O–H groups in total. The molecule has 1 atom stereocenters. The molecular formula is C16H25N3O2S. The highest BCUT2D eigenvalue weighted by atomic mass is 32.1. The van der Waals surface area contributed by atoms with Crippen molar-refractivity contribution in [1.29, 1.82) is 5.41 Å². The van der Waals surface area contributed by atoms with Gasteiger partial charge in [-0.25, -0.2) is 0 Å². The third-order valence-corrected chi connectivity index (χ3v) is 4.67. The predicted molar refractivity (Wildman–Crippen MR) is 92.0 cm³/mol. The number of amidine groups is 1. The Bertz CT molecular complexity index is 509. The number of hydrogen-bond donors (Lipinski definition) is 2. The molecular weight excluding hydrogens is 298 g/mol. The number of ether oxygens (including phenoxy) is 1. The maximum atomic E-state index is 10.3. The summed E-state index contributed by atoms with van der Waals surface area (Å²) >= 11 is 1.55. The van der Waals surface area contributed by atoms with Gasteiger partial charge in [-0.05, 0) is 17.9 Å². The molecule has 1 saturated heterocycles. The van der Waals surface area contributed by atoms with Crippen molar-refractivity contribution >= 4 is 22.9 Å². The standard InChI is InChI=1S/C16H25N3O2S/c1-3-4-5-6-14(20)18(2)13-7-12-22-15(13)16(17)19-8-10-21-11-9-19/h4-5,7,12,14,17,20H,3,6,8-11H2,1-2H3/b5-4-,17-16?. The van der Waals surface area contributed by atoms with Crippen molar-refractivity contribution in [3.05, 3.63) is 28.5 Å². The Hall–Kier alpha value is -1.37. The Morgan fingerprint density at radius 1 is 1.50 bits per heavy atom. The van der Waals surface area contributed by atoms with Crippen LogP contribution in [0.25, 0.3) is 0 Å². The Balaban J connectivity index is 2.07. The Kier molecular flexibility index (Phi) is 6.42. The van der Waals surface area contributed by atoms with Crippen molar-refractivity contribution in [3.8, 4) is 0 Å². The van der Waals surface area contributed by atoms with Gasteiger partial charge in [-0.15, -0.1) is 11.3 Å². The van der Waals surface area contributed by atoms with Crippen molar-refractivity contribution in [2.24, 2.45) is 0 Å². The minimum absolute atomic E-state index is 0.524. The van der Waals surface area contributed by atoms with Crippen molar-refractivity contribution in [3.63, 3.8) is 0 Å². The molecule has 5 nitrogen and oxygen atoms in total. The molecule has 0 aliphatic carbocycles. The molecule has 1 aromatic rings. The van der Waals surface area contributed by atoms with Crippen LogP contribution in [-0.2, 0) is 4.74 Å². The van der Waals surface area contributed by atoms with E-state index in [1.54, 1.807) is 11.3 Å². The van der Waals surface area contributed by atoms with Gasteiger partial charge in [0.2, 0.25) is 0 Å². The Labute approximate surface area is 136 Å². The van der Waals surface area contributed by atoms with Gasteiger partial charge >= 0.3 is 0 Å². The van der Waals surface area contributed by atoms with Crippen LogP contribution in [0.3, 0.4) is 0 Å². The summed E-state index contributed by atoms with van der Waals surface area (Å²) < 4.78 is 5.35. The summed E-state index contributed by atoms with van der Waals surface area (Å²) in [6, 6.07) is 1.97. The molecule has 1 aliphatic rings. The first-order valence-electron chi connectivity index (χ1n) is 7.70. The zero-order valence-corrected chi connectivity index (χ0v) is 14.1. The van der Waals surface area contributed by atoms with E-state index < -0.39 is 6.23 Å². The fraction of sp³-hybridized carbons (Fsp3) is 0.562. The SMILES string of the molecule is CC/C=C\CC(O)N(C)c1ccsc1C(=N)N1CCOCC1. The van der Waals surface area contributed by atoms with Crippen LogP contribution in [-0.4, -0.2) is 55.4 Å². The number of anilines is 1. The van der Waals surface area contributed by atoms with Crippen LogP contribution in [0.15, 0.2) is 23.6 Å². The van der Waals surface area contributed by atoms with Gasteiger partial charge in [0.15, 0.2) is 0 Å². The Morgan fingerprint density at radius 3 is 2.91 bits per heavy atom. The second kappa shape index (κ2) is 8.31. The van der Waals surface area contributed by atoms with Gasteiger partial charge in [0.05, 0.1) is 23.8 Å². The molecule has 0 bridgehead atoms. The molecule has 1 unspecified atom stereocenters. The monoisotopic (exact) mass is 323 g/mol. The molecule has 122 valence electrons. The molecule has 2 rings (SSSR count). The van der Waals surface area contributed by atoms with Crippen LogP contribution < -0.4 is 4.90 Å². The van der Waals surface area contributed by atoms with Gasteiger partial charge in [-0.1, -0.05) is 19.1 Å². The smallest absolute Gasteiger partial charge is 0.140 e. The van der Waals surface area contributed by atoms with Crippen LogP contribution in [0.1, 0.15) is 24.6 Å². The number of aliphatic hydroxyl groups excluding tert-OH is 1. The number of allylic oxidation sites excluding steroid dienone is 1. The lowest BCUT2D eigenvalue weighted by atomic mass is 10.2. The average Bonchev–Trinajstić information content (AvgIpc) is 3.03. The fourth-order valence-electron chi connectivity index (χ4n) is 2.39. The van der Waals surface area contributed by atoms with Gasteiger partial charge in [0, 0.05) is 26.6 Å². The third kappa shape index (κ3) is 4.09. The molecule has 6 heteroatoms. The maximum absolute atomic E-state index is 10.3. The maximum Gasteiger partial charge on any atom is 0.140 e. The molecule has 1 fully saturated rings. The zero-order chi connectivity index (χ0) is 15.9. The third-order valence-electron chi connectivity index (χ3n) is 3.76. The first-order chi connectivity index (χ1) is 10.6. The normalized spacial score (nSPS) is 17.0. The minimum atomic E-state index is -0.575. The van der Waals surface area contributed by atoms with Crippen LogP contribution in [0.2, 0.25) is 0 Å². The van der Waals surface area contributed by atoms with Gasteiger partial charge < -0.3 is 19.6 Å². The van der Waals surface area contributed by atoms with E-state index in [0.29, 0.717) is 25.5 Å². The first-order valence-corrected chi connectivity index (χ1v) is 8.58. The van der Waals surface area contributed by atoms with E-state index in [4.69, 9.17) is 10.1 Å². The highest BCUT2D eigenvalue weighted by Gasteiger charge is 2.22. The number of nitrogens with zero attached hydrogens (tertiary/aromatic N) is 2. The number of thiophene rings is 1. The summed E-state index contributed by atoms with van der Waals surface area (Å²) in [6.07, 6.45) is 5.04. The number of hydrogen-bond acceptors (Lipinski definition) is 5. The average molecular weight is 323 g/mol.